The first-order valence-corrected chi connectivity index (χ1v) is 12.1. The number of esters is 1. The van der Waals surface area contributed by atoms with Crippen molar-refractivity contribution in [2.45, 2.75) is 37.5 Å². The zero-order chi connectivity index (χ0) is 25.5. The number of nitrogens with zero attached hydrogens (tertiary/aromatic N) is 2. The molecule has 1 aromatic carbocycles. The van der Waals surface area contributed by atoms with Crippen molar-refractivity contribution in [3.8, 4) is 0 Å². The Bertz CT molecular complexity index is 1040. The van der Waals surface area contributed by atoms with Crippen molar-refractivity contribution in [3.05, 3.63) is 54.6 Å². The number of likely N-dealkylation sites (tertiary alicyclic amines) is 1. The number of fused-ring (bicyclic) bond motifs is 1. The average Bonchev–Trinajstić information content (AvgIpc) is 3.33. The Kier molecular flexibility index (Phi) is 6.83. The first kappa shape index (κ1) is 25.4. The monoisotopic (exact) mass is 502 g/mol. The lowest BCUT2D eigenvalue weighted by Crippen LogP contribution is -2.57. The van der Waals surface area contributed by atoms with Crippen LogP contribution < -0.4 is 4.90 Å². The van der Waals surface area contributed by atoms with Crippen LogP contribution in [0, 0.1) is 17.8 Å². The number of aliphatic hydroxyl groups is 1. The van der Waals surface area contributed by atoms with E-state index in [9.17, 15) is 19.5 Å². The molecule has 3 aliphatic heterocycles. The second kappa shape index (κ2) is 9.41. The van der Waals surface area contributed by atoms with Gasteiger partial charge >= 0.3 is 5.97 Å². The summed E-state index contributed by atoms with van der Waals surface area (Å²) in [5.41, 5.74) is -1.60. The largest absolute Gasteiger partial charge is 0.461 e. The van der Waals surface area contributed by atoms with Gasteiger partial charge in [-0.2, -0.15) is 0 Å². The molecule has 3 aliphatic rings. The normalized spacial score (nSPS) is 32.9. The smallest absolute Gasteiger partial charge is 0.313 e. The van der Waals surface area contributed by atoms with E-state index in [1.807, 2.05) is 13.8 Å². The van der Waals surface area contributed by atoms with E-state index in [0.717, 1.165) is 0 Å². The zero-order valence-electron chi connectivity index (χ0n) is 20.0. The van der Waals surface area contributed by atoms with E-state index >= 15 is 0 Å². The number of β-amino-alcohol motifs (C(OH)–C–C–N with tert-alkyl or cyclic N) is 1. The Morgan fingerprint density at radius 3 is 2.60 bits per heavy atom. The molecule has 3 unspecified atom stereocenters. The SMILES string of the molecule is C=CCOC(=O)[C@H]1[C@H]2C(=O)N(CCO)C(C(=O)N(CC=C)c3ccc(Cl)cc3)C23CC(C)[C@]1(C)O3. The highest BCUT2D eigenvalue weighted by Crippen LogP contribution is 2.65. The van der Waals surface area contributed by atoms with Crippen molar-refractivity contribution in [2.24, 2.45) is 17.8 Å². The quantitative estimate of drug-likeness (QED) is 0.412. The van der Waals surface area contributed by atoms with Gasteiger partial charge in [-0.1, -0.05) is 37.3 Å². The highest BCUT2D eigenvalue weighted by Gasteiger charge is 2.80. The molecule has 3 fully saturated rings. The first-order chi connectivity index (χ1) is 16.7. The van der Waals surface area contributed by atoms with Gasteiger partial charge in [0.05, 0.1) is 18.1 Å². The van der Waals surface area contributed by atoms with Crippen LogP contribution in [0.2, 0.25) is 5.02 Å². The molecule has 4 rings (SSSR count). The summed E-state index contributed by atoms with van der Waals surface area (Å²) in [6.45, 7) is 11.0. The minimum absolute atomic E-state index is 0.0140. The molecule has 2 amide bonds. The number of benzene rings is 1. The van der Waals surface area contributed by atoms with Crippen molar-refractivity contribution in [2.75, 3.05) is 31.2 Å². The Balaban J connectivity index is 1.80. The number of ether oxygens (including phenoxy) is 2. The van der Waals surface area contributed by atoms with Crippen LogP contribution in [-0.4, -0.2) is 71.3 Å². The lowest BCUT2D eigenvalue weighted by atomic mass is 9.62. The maximum absolute atomic E-state index is 14.2. The van der Waals surface area contributed by atoms with Crippen molar-refractivity contribution in [1.29, 1.82) is 0 Å². The summed E-state index contributed by atoms with van der Waals surface area (Å²) in [7, 11) is 0. The fraction of sp³-hybridized carbons (Fsp3) is 0.500. The van der Waals surface area contributed by atoms with E-state index in [4.69, 9.17) is 21.1 Å². The second-order valence-electron chi connectivity index (χ2n) is 9.59. The second-order valence-corrected chi connectivity index (χ2v) is 10.0. The Hall–Kier alpha value is -2.68. The van der Waals surface area contributed by atoms with E-state index in [0.29, 0.717) is 17.1 Å². The summed E-state index contributed by atoms with van der Waals surface area (Å²) in [6, 6.07) is 5.78. The highest BCUT2D eigenvalue weighted by molar-refractivity contribution is 6.30. The van der Waals surface area contributed by atoms with Crippen LogP contribution in [-0.2, 0) is 23.9 Å². The molecule has 1 spiro atoms. The summed E-state index contributed by atoms with van der Waals surface area (Å²) in [5.74, 6) is -3.17. The molecule has 188 valence electrons. The van der Waals surface area contributed by atoms with Gasteiger partial charge in [-0.3, -0.25) is 14.4 Å². The highest BCUT2D eigenvalue weighted by atomic mass is 35.5. The molecule has 0 aliphatic carbocycles. The number of rotatable bonds is 9. The summed E-state index contributed by atoms with van der Waals surface area (Å²) >= 11 is 6.05. The minimum atomic E-state index is -1.22. The van der Waals surface area contributed by atoms with Gasteiger partial charge in [0.25, 0.3) is 5.91 Å². The number of carbonyl (C=O) groups excluding carboxylic acids is 3. The van der Waals surface area contributed by atoms with Crippen LogP contribution in [0.3, 0.4) is 0 Å². The van der Waals surface area contributed by atoms with E-state index in [-0.39, 0.29) is 44.0 Å². The summed E-state index contributed by atoms with van der Waals surface area (Å²) in [6.07, 6.45) is 3.49. The molecule has 3 saturated heterocycles. The van der Waals surface area contributed by atoms with Crippen LogP contribution in [0.4, 0.5) is 5.69 Å². The molecular formula is C26H31ClN2O6. The molecular weight excluding hydrogens is 472 g/mol. The fourth-order valence-electron chi connectivity index (χ4n) is 6.18. The molecule has 3 heterocycles. The topological polar surface area (TPSA) is 96.4 Å². The van der Waals surface area contributed by atoms with Crippen molar-refractivity contribution in [1.82, 2.24) is 4.90 Å². The van der Waals surface area contributed by atoms with Gasteiger partial charge in [0.15, 0.2) is 0 Å². The van der Waals surface area contributed by atoms with Crippen molar-refractivity contribution in [3.63, 3.8) is 0 Å². The number of halogens is 1. The van der Waals surface area contributed by atoms with Gasteiger partial charge in [-0.05, 0) is 43.5 Å². The summed E-state index contributed by atoms with van der Waals surface area (Å²) < 4.78 is 12.0. The van der Waals surface area contributed by atoms with Gasteiger partial charge in [-0.15, -0.1) is 6.58 Å². The standard InChI is InChI=1S/C26H31ClN2O6/c1-5-11-28(18-9-7-17(27)8-10-18)23(32)21-26-15-16(3)25(4,35-26)20(24(33)34-14-6-2)19(26)22(31)29(21)12-13-30/h5-10,16,19-21,30H,1-2,11-15H2,3-4H3/t16?,19-,20+,21?,25-,26?/m0/s1. The molecule has 1 aromatic rings. The van der Waals surface area contributed by atoms with Crippen LogP contribution >= 0.6 is 11.6 Å². The van der Waals surface area contributed by atoms with Crippen molar-refractivity contribution >= 4 is 35.1 Å². The number of amides is 2. The van der Waals surface area contributed by atoms with Crippen LogP contribution in [0.1, 0.15) is 20.3 Å². The number of hydrogen-bond donors (Lipinski definition) is 1. The molecule has 0 radical (unpaired) electrons. The van der Waals surface area contributed by atoms with Crippen LogP contribution in [0.5, 0.6) is 0 Å². The molecule has 2 bridgehead atoms. The molecule has 9 heteroatoms. The Labute approximate surface area is 210 Å². The van der Waals surface area contributed by atoms with Crippen LogP contribution in [0.15, 0.2) is 49.6 Å². The minimum Gasteiger partial charge on any atom is -0.461 e. The number of carbonyl (C=O) groups is 3. The lowest BCUT2D eigenvalue weighted by molar-refractivity contribution is -0.160. The van der Waals surface area contributed by atoms with Crippen LogP contribution in [0.25, 0.3) is 0 Å². The summed E-state index contributed by atoms with van der Waals surface area (Å²) in [4.78, 5) is 44.0. The molecule has 1 N–H and O–H groups in total. The predicted molar refractivity (Wildman–Crippen MR) is 131 cm³/mol. The van der Waals surface area contributed by atoms with Gasteiger partial charge in [0, 0.05) is 23.8 Å². The van der Waals surface area contributed by atoms with E-state index < -0.39 is 35.0 Å². The molecule has 0 saturated carbocycles. The van der Waals surface area contributed by atoms with Crippen molar-refractivity contribution < 1.29 is 29.0 Å². The summed E-state index contributed by atoms with van der Waals surface area (Å²) in [5, 5.41) is 10.3. The Morgan fingerprint density at radius 1 is 1.31 bits per heavy atom. The third-order valence-corrected chi connectivity index (χ3v) is 7.95. The predicted octanol–water partition coefficient (Wildman–Crippen LogP) is 2.59. The third-order valence-electron chi connectivity index (χ3n) is 7.70. The Morgan fingerprint density at radius 2 is 2.00 bits per heavy atom. The van der Waals surface area contributed by atoms with Gasteiger partial charge in [0.1, 0.15) is 24.2 Å². The maximum atomic E-state index is 14.2. The number of aliphatic hydroxyl groups excluding tert-OH is 1. The van der Waals surface area contributed by atoms with Gasteiger partial charge in [-0.25, -0.2) is 0 Å². The average molecular weight is 503 g/mol. The maximum Gasteiger partial charge on any atom is 0.313 e. The zero-order valence-corrected chi connectivity index (χ0v) is 20.7. The fourth-order valence-corrected chi connectivity index (χ4v) is 6.30. The third kappa shape index (κ3) is 3.79. The first-order valence-electron chi connectivity index (χ1n) is 11.7. The van der Waals surface area contributed by atoms with E-state index in [2.05, 4.69) is 13.2 Å². The van der Waals surface area contributed by atoms with Gasteiger partial charge < -0.3 is 24.4 Å². The molecule has 0 aromatic heterocycles. The molecule has 35 heavy (non-hydrogen) atoms. The molecule has 6 atom stereocenters. The number of hydrogen-bond acceptors (Lipinski definition) is 6. The van der Waals surface area contributed by atoms with E-state index in [1.165, 1.54) is 15.9 Å². The molecule has 8 nitrogen and oxygen atoms in total. The van der Waals surface area contributed by atoms with Gasteiger partial charge in [0.2, 0.25) is 5.91 Å². The van der Waals surface area contributed by atoms with E-state index in [1.54, 1.807) is 30.3 Å². The number of anilines is 1. The lowest BCUT2D eigenvalue weighted by Gasteiger charge is -2.37.